The number of thiophene rings is 1. The maximum Gasteiger partial charge on any atom is 0.283 e. The zero-order chi connectivity index (χ0) is 17.7. The largest absolute Gasteiger partial charge is 0.354 e. The van der Waals surface area contributed by atoms with Crippen molar-refractivity contribution in [2.24, 2.45) is 5.73 Å². The van der Waals surface area contributed by atoms with Crippen molar-refractivity contribution in [1.29, 1.82) is 0 Å². The summed E-state index contributed by atoms with van der Waals surface area (Å²) in [6.45, 7) is 2.91. The Morgan fingerprint density at radius 3 is 2.80 bits per heavy atom. The van der Waals surface area contributed by atoms with Gasteiger partial charge in [-0.3, -0.25) is 19.7 Å². The second-order valence-electron chi connectivity index (χ2n) is 5.80. The van der Waals surface area contributed by atoms with Gasteiger partial charge in [-0.15, -0.1) is 23.7 Å². The van der Waals surface area contributed by atoms with E-state index in [0.29, 0.717) is 22.8 Å². The summed E-state index contributed by atoms with van der Waals surface area (Å²) in [5, 5.41) is 13.8. The molecule has 2 amide bonds. The van der Waals surface area contributed by atoms with Gasteiger partial charge in [-0.05, 0) is 26.2 Å². The molecule has 1 aliphatic rings. The topological polar surface area (TPSA) is 119 Å². The highest BCUT2D eigenvalue weighted by Crippen LogP contribution is 2.30. The van der Waals surface area contributed by atoms with Crippen LogP contribution in [0.5, 0.6) is 0 Å². The van der Waals surface area contributed by atoms with E-state index in [2.05, 4.69) is 5.32 Å². The highest BCUT2D eigenvalue weighted by atomic mass is 35.5. The lowest BCUT2D eigenvalue weighted by Crippen LogP contribution is -2.49. The molecule has 3 N–H and O–H groups in total. The van der Waals surface area contributed by atoms with E-state index in [1.54, 1.807) is 11.8 Å². The molecule has 0 saturated carbocycles. The summed E-state index contributed by atoms with van der Waals surface area (Å²) in [5.41, 5.74) is 5.33. The number of amides is 2. The molecule has 0 bridgehead atoms. The van der Waals surface area contributed by atoms with Gasteiger partial charge in [-0.2, -0.15) is 0 Å². The lowest BCUT2D eigenvalue weighted by atomic mass is 10.0. The number of nitrogens with one attached hydrogen (secondary N) is 1. The fourth-order valence-corrected chi connectivity index (χ4v) is 3.77. The van der Waals surface area contributed by atoms with Crippen molar-refractivity contribution in [2.75, 3.05) is 19.6 Å². The van der Waals surface area contributed by atoms with Crippen molar-refractivity contribution in [3.8, 4) is 0 Å². The molecule has 1 saturated heterocycles. The molecule has 0 aliphatic carbocycles. The number of carbonyl (C=O) groups is 2. The second kappa shape index (κ2) is 9.69. The fraction of sp³-hybridized carbons (Fsp3) is 0.600. The molecule has 10 heteroatoms. The van der Waals surface area contributed by atoms with E-state index < -0.39 is 4.92 Å². The molecule has 1 fully saturated rings. The van der Waals surface area contributed by atoms with Crippen LogP contribution < -0.4 is 11.1 Å². The molecule has 0 aromatic carbocycles. The number of aryl methyl sites for hydroxylation is 1. The van der Waals surface area contributed by atoms with Gasteiger partial charge in [-0.25, -0.2) is 0 Å². The molecule has 25 heavy (non-hydrogen) atoms. The predicted octanol–water partition coefficient (Wildman–Crippen LogP) is 1.85. The first-order chi connectivity index (χ1) is 11.4. The van der Waals surface area contributed by atoms with Crippen LogP contribution in [0.1, 0.15) is 40.2 Å². The summed E-state index contributed by atoms with van der Waals surface area (Å²) < 4.78 is 0. The second-order valence-corrected chi connectivity index (χ2v) is 7.06. The number of hydrogen-bond donors (Lipinski definition) is 2. The smallest absolute Gasteiger partial charge is 0.283 e. The number of nitrogens with two attached hydrogens (primary N) is 1. The highest BCUT2D eigenvalue weighted by Gasteiger charge is 2.30. The molecule has 1 unspecified atom stereocenters. The van der Waals surface area contributed by atoms with Crippen LogP contribution in [0, 0.1) is 17.0 Å². The van der Waals surface area contributed by atoms with Gasteiger partial charge in [0.25, 0.3) is 11.6 Å². The monoisotopic (exact) mass is 390 g/mol. The van der Waals surface area contributed by atoms with Gasteiger partial charge in [0.15, 0.2) is 0 Å². The lowest BCUT2D eigenvalue weighted by molar-refractivity contribution is -0.385. The van der Waals surface area contributed by atoms with Gasteiger partial charge in [0.1, 0.15) is 0 Å². The summed E-state index contributed by atoms with van der Waals surface area (Å²) in [5.74, 6) is -0.327. The van der Waals surface area contributed by atoms with Gasteiger partial charge >= 0.3 is 0 Å². The SMILES string of the molecule is Cc1sc(C(=O)N2CCCCC2CNC(=O)CCN)cc1[N+](=O)[O-].Cl. The number of hydrogen-bond acceptors (Lipinski definition) is 6. The van der Waals surface area contributed by atoms with Crippen LogP contribution in [0.25, 0.3) is 0 Å². The first-order valence-electron chi connectivity index (χ1n) is 7.96. The zero-order valence-electron chi connectivity index (χ0n) is 14.0. The summed E-state index contributed by atoms with van der Waals surface area (Å²) >= 11 is 1.14. The van der Waals surface area contributed by atoms with E-state index >= 15 is 0 Å². The Balaban J connectivity index is 0.00000312. The third-order valence-corrected chi connectivity index (χ3v) is 5.12. The Morgan fingerprint density at radius 2 is 2.20 bits per heavy atom. The first-order valence-corrected chi connectivity index (χ1v) is 8.78. The van der Waals surface area contributed by atoms with Crippen molar-refractivity contribution in [3.63, 3.8) is 0 Å². The number of rotatable bonds is 6. The van der Waals surface area contributed by atoms with Gasteiger partial charge < -0.3 is 16.0 Å². The van der Waals surface area contributed by atoms with E-state index in [1.807, 2.05) is 0 Å². The maximum atomic E-state index is 12.7. The minimum atomic E-state index is -0.469. The number of halogens is 1. The molecule has 140 valence electrons. The van der Waals surface area contributed by atoms with E-state index in [1.165, 1.54) is 6.07 Å². The Kier molecular flexibility index (Phi) is 8.27. The standard InChI is InChI=1S/C15H22N4O4S.ClH/c1-10-12(19(22)23)8-13(24-10)15(21)18-7-3-2-4-11(18)9-17-14(20)5-6-16;/h8,11H,2-7,9,16H2,1H3,(H,17,20);1H. The summed E-state index contributed by atoms with van der Waals surface area (Å²) in [6.07, 6.45) is 2.95. The molecule has 2 rings (SSSR count). The molecule has 1 aliphatic heterocycles. The van der Waals surface area contributed by atoms with Crippen molar-refractivity contribution in [1.82, 2.24) is 10.2 Å². The Bertz CT molecular complexity index is 637. The lowest BCUT2D eigenvalue weighted by Gasteiger charge is -2.35. The van der Waals surface area contributed by atoms with Crippen molar-refractivity contribution >= 4 is 41.2 Å². The fourth-order valence-electron chi connectivity index (χ4n) is 2.83. The summed E-state index contributed by atoms with van der Waals surface area (Å²) in [7, 11) is 0. The number of carbonyl (C=O) groups excluding carboxylic acids is 2. The molecule has 1 aromatic rings. The zero-order valence-corrected chi connectivity index (χ0v) is 15.7. The van der Waals surface area contributed by atoms with Gasteiger partial charge in [0.05, 0.1) is 14.7 Å². The van der Waals surface area contributed by atoms with Crippen molar-refractivity contribution < 1.29 is 14.5 Å². The molecule has 0 spiro atoms. The molecular formula is C15H23ClN4O4S. The minimum absolute atomic E-state index is 0. The van der Waals surface area contributed by atoms with Gasteiger partial charge in [0.2, 0.25) is 5.91 Å². The summed E-state index contributed by atoms with van der Waals surface area (Å²) in [4.78, 5) is 37.5. The van der Waals surface area contributed by atoms with E-state index in [0.717, 1.165) is 30.6 Å². The quantitative estimate of drug-likeness (QED) is 0.567. The number of piperidine rings is 1. The predicted molar refractivity (Wildman–Crippen MR) is 98.3 cm³/mol. The van der Waals surface area contributed by atoms with Crippen LogP contribution in [0.2, 0.25) is 0 Å². The Morgan fingerprint density at radius 1 is 1.48 bits per heavy atom. The Labute approximate surface area is 156 Å². The third-order valence-electron chi connectivity index (χ3n) is 4.09. The van der Waals surface area contributed by atoms with Crippen LogP contribution in [-0.2, 0) is 4.79 Å². The third kappa shape index (κ3) is 5.38. The summed E-state index contributed by atoms with van der Waals surface area (Å²) in [6, 6.07) is 1.26. The van der Waals surface area contributed by atoms with Crippen LogP contribution in [0.3, 0.4) is 0 Å². The minimum Gasteiger partial charge on any atom is -0.354 e. The average molecular weight is 391 g/mol. The van der Waals surface area contributed by atoms with Gasteiger partial charge in [0, 0.05) is 38.2 Å². The first kappa shape index (κ1) is 21.3. The average Bonchev–Trinajstić information content (AvgIpc) is 2.95. The van der Waals surface area contributed by atoms with Crippen LogP contribution in [0.4, 0.5) is 5.69 Å². The normalized spacial score (nSPS) is 16.9. The maximum absolute atomic E-state index is 12.7. The van der Waals surface area contributed by atoms with E-state index in [-0.39, 0.29) is 48.9 Å². The highest BCUT2D eigenvalue weighted by molar-refractivity contribution is 7.14. The van der Waals surface area contributed by atoms with E-state index in [9.17, 15) is 19.7 Å². The molecule has 0 radical (unpaired) electrons. The van der Waals surface area contributed by atoms with Crippen LogP contribution in [0.15, 0.2) is 6.07 Å². The van der Waals surface area contributed by atoms with Gasteiger partial charge in [-0.1, -0.05) is 0 Å². The molecule has 8 nitrogen and oxygen atoms in total. The van der Waals surface area contributed by atoms with Crippen LogP contribution in [-0.4, -0.2) is 47.3 Å². The van der Waals surface area contributed by atoms with Crippen molar-refractivity contribution in [2.45, 2.75) is 38.6 Å². The number of nitro groups is 1. The molecule has 1 atom stereocenters. The molecular weight excluding hydrogens is 368 g/mol. The van der Waals surface area contributed by atoms with E-state index in [4.69, 9.17) is 5.73 Å². The van der Waals surface area contributed by atoms with Crippen LogP contribution >= 0.6 is 23.7 Å². The number of nitrogens with zero attached hydrogens (tertiary/aromatic N) is 2. The number of likely N-dealkylation sites (tertiary alicyclic amines) is 1. The Hall–Kier alpha value is -1.71. The van der Waals surface area contributed by atoms with Crippen molar-refractivity contribution in [3.05, 3.63) is 25.9 Å². The molecule has 1 aromatic heterocycles. The molecule has 2 heterocycles.